The molecule has 5 heteroatoms. The second-order valence-electron chi connectivity index (χ2n) is 5.38. The first-order chi connectivity index (χ1) is 10.5. The predicted molar refractivity (Wildman–Crippen MR) is 82.5 cm³/mol. The Labute approximate surface area is 128 Å². The molecule has 0 aliphatic carbocycles. The lowest BCUT2D eigenvalue weighted by molar-refractivity contribution is 0.1000. The summed E-state index contributed by atoms with van der Waals surface area (Å²) in [5.74, 6) is -0.447. The van der Waals surface area contributed by atoms with Gasteiger partial charge in [-0.25, -0.2) is 4.79 Å². The summed E-state index contributed by atoms with van der Waals surface area (Å²) < 4.78 is 0. The van der Waals surface area contributed by atoms with E-state index in [9.17, 15) is 9.59 Å². The third kappa shape index (κ3) is 2.65. The third-order valence-electron chi connectivity index (χ3n) is 3.97. The van der Waals surface area contributed by atoms with Crippen molar-refractivity contribution in [2.75, 3.05) is 6.54 Å². The number of benzene rings is 2. The fourth-order valence-corrected chi connectivity index (χ4v) is 2.75. The smallest absolute Gasteiger partial charge is 0.407 e. The van der Waals surface area contributed by atoms with Crippen molar-refractivity contribution >= 4 is 12.0 Å². The molecule has 1 heterocycles. The molecular formula is C17H16N2O3. The molecule has 0 unspecified atom stereocenters. The second-order valence-corrected chi connectivity index (χ2v) is 5.38. The Morgan fingerprint density at radius 3 is 2.55 bits per heavy atom. The van der Waals surface area contributed by atoms with E-state index in [1.54, 1.807) is 18.2 Å². The monoisotopic (exact) mass is 296 g/mol. The van der Waals surface area contributed by atoms with Crippen LogP contribution in [-0.2, 0) is 13.0 Å². The Morgan fingerprint density at radius 1 is 1.05 bits per heavy atom. The minimum absolute atomic E-state index is 0.423. The number of primary amides is 1. The topological polar surface area (TPSA) is 83.6 Å². The van der Waals surface area contributed by atoms with Crippen molar-refractivity contribution in [1.82, 2.24) is 4.90 Å². The van der Waals surface area contributed by atoms with E-state index in [0.29, 0.717) is 25.1 Å². The molecule has 0 bridgehead atoms. The summed E-state index contributed by atoms with van der Waals surface area (Å²) in [5, 5.41) is 9.06. The molecule has 0 saturated carbocycles. The lowest BCUT2D eigenvalue weighted by Crippen LogP contribution is -2.34. The molecule has 1 aliphatic rings. The van der Waals surface area contributed by atoms with Crippen LogP contribution < -0.4 is 5.73 Å². The maximum atomic E-state index is 11.3. The molecule has 5 nitrogen and oxygen atoms in total. The van der Waals surface area contributed by atoms with Crippen LogP contribution in [0.3, 0.4) is 0 Å². The van der Waals surface area contributed by atoms with Crippen molar-refractivity contribution in [3.05, 3.63) is 59.2 Å². The number of carboxylic acid groups (broad SMARTS) is 1. The molecule has 112 valence electrons. The van der Waals surface area contributed by atoms with Crippen molar-refractivity contribution in [2.24, 2.45) is 5.73 Å². The van der Waals surface area contributed by atoms with Crippen LogP contribution in [0.1, 0.15) is 21.5 Å². The Morgan fingerprint density at radius 2 is 1.82 bits per heavy atom. The van der Waals surface area contributed by atoms with E-state index in [0.717, 1.165) is 22.3 Å². The Kier molecular flexibility index (Phi) is 3.55. The van der Waals surface area contributed by atoms with Gasteiger partial charge in [-0.2, -0.15) is 0 Å². The molecule has 0 atom stereocenters. The van der Waals surface area contributed by atoms with Gasteiger partial charge in [-0.05, 0) is 40.8 Å². The maximum Gasteiger partial charge on any atom is 0.407 e. The minimum atomic E-state index is -0.885. The van der Waals surface area contributed by atoms with Crippen molar-refractivity contribution in [1.29, 1.82) is 0 Å². The van der Waals surface area contributed by atoms with E-state index >= 15 is 0 Å². The molecule has 0 spiro atoms. The van der Waals surface area contributed by atoms with Gasteiger partial charge in [0.05, 0.1) is 0 Å². The van der Waals surface area contributed by atoms with Gasteiger partial charge in [0.15, 0.2) is 0 Å². The first-order valence-electron chi connectivity index (χ1n) is 7.04. The standard InChI is InChI=1S/C17H16N2O3/c18-16(20)14-3-1-2-11(9-14)12-4-5-15-10-19(17(21)22)7-6-13(15)8-12/h1-5,8-9H,6-7,10H2,(H2,18,20)(H,21,22). The van der Waals surface area contributed by atoms with Crippen molar-refractivity contribution in [3.63, 3.8) is 0 Å². The predicted octanol–water partition coefficient (Wildman–Crippen LogP) is 2.49. The Bertz CT molecular complexity index is 755. The maximum absolute atomic E-state index is 11.3. The quantitative estimate of drug-likeness (QED) is 0.893. The van der Waals surface area contributed by atoms with Gasteiger partial charge in [-0.3, -0.25) is 4.79 Å². The molecule has 22 heavy (non-hydrogen) atoms. The highest BCUT2D eigenvalue weighted by atomic mass is 16.4. The van der Waals surface area contributed by atoms with Gasteiger partial charge in [0.2, 0.25) is 5.91 Å². The molecule has 3 rings (SSSR count). The first kappa shape index (κ1) is 14.1. The largest absolute Gasteiger partial charge is 0.465 e. The zero-order chi connectivity index (χ0) is 15.7. The molecule has 0 radical (unpaired) electrons. The lowest BCUT2D eigenvalue weighted by atomic mass is 9.94. The van der Waals surface area contributed by atoms with Gasteiger partial charge >= 0.3 is 6.09 Å². The molecule has 1 aliphatic heterocycles. The number of rotatable bonds is 2. The van der Waals surface area contributed by atoms with Crippen molar-refractivity contribution in [3.8, 4) is 11.1 Å². The number of nitrogens with two attached hydrogens (primary N) is 1. The summed E-state index contributed by atoms with van der Waals surface area (Å²) in [6.07, 6.45) is -0.186. The minimum Gasteiger partial charge on any atom is -0.465 e. The van der Waals surface area contributed by atoms with Crippen LogP contribution in [0.2, 0.25) is 0 Å². The van der Waals surface area contributed by atoms with Gasteiger partial charge in [0.25, 0.3) is 0 Å². The fourth-order valence-electron chi connectivity index (χ4n) is 2.75. The van der Waals surface area contributed by atoms with E-state index in [-0.39, 0.29) is 0 Å². The summed E-state index contributed by atoms with van der Waals surface area (Å²) in [5.41, 5.74) is 9.91. The van der Waals surface area contributed by atoms with E-state index in [1.807, 2.05) is 18.2 Å². The highest BCUT2D eigenvalue weighted by Gasteiger charge is 2.20. The number of carbonyl (C=O) groups excluding carboxylic acids is 1. The summed E-state index contributed by atoms with van der Waals surface area (Å²) in [6.45, 7) is 0.930. The fraction of sp³-hybridized carbons (Fsp3) is 0.176. The van der Waals surface area contributed by atoms with E-state index in [4.69, 9.17) is 10.8 Å². The molecule has 0 fully saturated rings. The van der Waals surface area contributed by atoms with Crippen LogP contribution in [0.15, 0.2) is 42.5 Å². The van der Waals surface area contributed by atoms with E-state index in [2.05, 4.69) is 6.07 Å². The summed E-state index contributed by atoms with van der Waals surface area (Å²) in [7, 11) is 0. The molecule has 2 aromatic carbocycles. The number of hydrogen-bond acceptors (Lipinski definition) is 2. The first-order valence-corrected chi connectivity index (χ1v) is 7.04. The Balaban J connectivity index is 1.93. The molecule has 0 saturated heterocycles. The van der Waals surface area contributed by atoms with Crippen molar-refractivity contribution < 1.29 is 14.7 Å². The Hall–Kier alpha value is -2.82. The number of carbonyl (C=O) groups is 2. The normalized spacial score (nSPS) is 13.5. The highest BCUT2D eigenvalue weighted by molar-refractivity contribution is 5.94. The van der Waals surface area contributed by atoms with Gasteiger partial charge in [-0.15, -0.1) is 0 Å². The van der Waals surface area contributed by atoms with Gasteiger partial charge in [0, 0.05) is 18.7 Å². The SMILES string of the molecule is NC(=O)c1cccc(-c2ccc3c(c2)CCN(C(=O)O)C3)c1. The average molecular weight is 296 g/mol. The van der Waals surface area contributed by atoms with Crippen LogP contribution >= 0.6 is 0 Å². The third-order valence-corrected chi connectivity index (χ3v) is 3.97. The van der Waals surface area contributed by atoms with Crippen LogP contribution in [0.25, 0.3) is 11.1 Å². The number of fused-ring (bicyclic) bond motifs is 1. The van der Waals surface area contributed by atoms with Crippen LogP contribution in [-0.4, -0.2) is 28.6 Å². The van der Waals surface area contributed by atoms with E-state index < -0.39 is 12.0 Å². The van der Waals surface area contributed by atoms with Gasteiger partial charge in [-0.1, -0.05) is 30.3 Å². The molecule has 0 aromatic heterocycles. The molecule has 3 N–H and O–H groups in total. The molecule has 2 aromatic rings. The lowest BCUT2D eigenvalue weighted by Gasteiger charge is -2.26. The summed E-state index contributed by atoms with van der Waals surface area (Å²) in [4.78, 5) is 23.7. The van der Waals surface area contributed by atoms with Gasteiger partial charge < -0.3 is 15.7 Å². The molecule has 2 amide bonds. The van der Waals surface area contributed by atoms with Crippen molar-refractivity contribution in [2.45, 2.75) is 13.0 Å². The zero-order valence-electron chi connectivity index (χ0n) is 12.0. The zero-order valence-corrected chi connectivity index (χ0v) is 12.0. The highest BCUT2D eigenvalue weighted by Crippen LogP contribution is 2.27. The summed E-state index contributed by atoms with van der Waals surface area (Å²) >= 11 is 0. The van der Waals surface area contributed by atoms with Crippen LogP contribution in [0.4, 0.5) is 4.79 Å². The summed E-state index contributed by atoms with van der Waals surface area (Å²) in [6, 6.07) is 13.2. The van der Waals surface area contributed by atoms with Gasteiger partial charge in [0.1, 0.15) is 0 Å². The average Bonchev–Trinajstić information content (AvgIpc) is 2.53. The number of amides is 2. The number of hydrogen-bond donors (Lipinski definition) is 2. The molecular weight excluding hydrogens is 280 g/mol. The number of nitrogens with zero attached hydrogens (tertiary/aromatic N) is 1. The van der Waals surface area contributed by atoms with Crippen LogP contribution in [0, 0.1) is 0 Å². The van der Waals surface area contributed by atoms with E-state index in [1.165, 1.54) is 4.90 Å². The second kappa shape index (κ2) is 5.52. The van der Waals surface area contributed by atoms with Crippen LogP contribution in [0.5, 0.6) is 0 Å².